The molecule has 68 heavy (non-hydrogen) atoms. The van der Waals surface area contributed by atoms with Crippen LogP contribution in [0.1, 0.15) is 47.2 Å². The van der Waals surface area contributed by atoms with Gasteiger partial charge in [-0.25, -0.2) is 0 Å². The van der Waals surface area contributed by atoms with Crippen LogP contribution < -0.4 is 0 Å². The van der Waals surface area contributed by atoms with Gasteiger partial charge in [0.15, 0.2) is 0 Å². The van der Waals surface area contributed by atoms with E-state index in [0.29, 0.717) is 0 Å². The zero-order valence-corrected chi connectivity index (χ0v) is 37.4. The topological polar surface area (TPSA) is 26.3 Å². The van der Waals surface area contributed by atoms with E-state index in [1.54, 1.807) is 0 Å². The van der Waals surface area contributed by atoms with Gasteiger partial charge >= 0.3 is 0 Å². The summed E-state index contributed by atoms with van der Waals surface area (Å²) in [5.74, 6) is 0. The molecule has 2 heterocycles. The molecule has 0 atom stereocenters. The molecule has 2 nitrogen and oxygen atoms in total. The molecule has 0 aliphatic heterocycles. The summed E-state index contributed by atoms with van der Waals surface area (Å²) in [6, 6.07) is 76.6. The minimum absolute atomic E-state index is 0.104. The zero-order valence-electron chi connectivity index (χ0n) is 37.4. The Morgan fingerprint density at radius 2 is 0.750 bits per heavy atom. The third-order valence-corrected chi connectivity index (χ3v) is 16.3. The Hall–Kier alpha value is -8.46. The molecular weight excluding hydrogens is 825 g/mol. The summed E-state index contributed by atoms with van der Waals surface area (Å²) in [5.41, 5.74) is 23.6. The first-order valence-electron chi connectivity index (χ1n) is 23.8. The summed E-state index contributed by atoms with van der Waals surface area (Å²) in [4.78, 5) is 0. The van der Waals surface area contributed by atoms with Gasteiger partial charge in [-0.1, -0.05) is 196 Å². The van der Waals surface area contributed by atoms with Crippen LogP contribution in [0.3, 0.4) is 0 Å². The fourth-order valence-corrected chi connectivity index (χ4v) is 13.6. The van der Waals surface area contributed by atoms with Crippen LogP contribution in [0.4, 0.5) is 0 Å². The summed E-state index contributed by atoms with van der Waals surface area (Å²) >= 11 is 0. The number of hydrogen-bond acceptors (Lipinski definition) is 2. The van der Waals surface area contributed by atoms with E-state index in [2.05, 4.69) is 220 Å². The van der Waals surface area contributed by atoms with Gasteiger partial charge in [-0.05, 0) is 124 Å². The van der Waals surface area contributed by atoms with E-state index in [4.69, 9.17) is 8.83 Å². The van der Waals surface area contributed by atoms with Crippen LogP contribution in [0, 0.1) is 0 Å². The van der Waals surface area contributed by atoms with Crippen LogP contribution in [0.25, 0.3) is 121 Å². The summed E-state index contributed by atoms with van der Waals surface area (Å²) in [7, 11) is 0. The van der Waals surface area contributed by atoms with E-state index in [9.17, 15) is 0 Å². The van der Waals surface area contributed by atoms with Gasteiger partial charge in [0.05, 0.1) is 5.41 Å². The molecule has 316 valence electrons. The van der Waals surface area contributed by atoms with E-state index in [1.165, 1.54) is 116 Å². The van der Waals surface area contributed by atoms with Crippen molar-refractivity contribution in [2.75, 3.05) is 0 Å². The van der Waals surface area contributed by atoms with Crippen LogP contribution in [-0.4, -0.2) is 0 Å². The number of rotatable bonds is 2. The molecule has 3 aliphatic carbocycles. The van der Waals surface area contributed by atoms with E-state index in [1.807, 2.05) is 0 Å². The van der Waals surface area contributed by atoms with Crippen molar-refractivity contribution < 1.29 is 8.83 Å². The quantitative estimate of drug-likeness (QED) is 0.162. The van der Waals surface area contributed by atoms with Crippen molar-refractivity contribution in [1.29, 1.82) is 0 Å². The highest BCUT2D eigenvalue weighted by molar-refractivity contribution is 6.26. The normalized spacial score (nSPS) is 14.6. The summed E-state index contributed by atoms with van der Waals surface area (Å²) in [6.07, 6.45) is 0. The second-order valence-electron chi connectivity index (χ2n) is 19.7. The largest absolute Gasteiger partial charge is 0.456 e. The zero-order chi connectivity index (χ0) is 44.6. The Morgan fingerprint density at radius 3 is 1.41 bits per heavy atom. The number of benzene rings is 11. The Morgan fingerprint density at radius 1 is 0.294 bits per heavy atom. The molecule has 0 radical (unpaired) electrons. The van der Waals surface area contributed by atoms with E-state index >= 15 is 0 Å². The van der Waals surface area contributed by atoms with Gasteiger partial charge in [0, 0.05) is 38.1 Å². The van der Waals surface area contributed by atoms with Gasteiger partial charge in [0.25, 0.3) is 0 Å². The molecule has 1 spiro atoms. The first-order chi connectivity index (χ1) is 33.5. The molecule has 2 aromatic heterocycles. The van der Waals surface area contributed by atoms with Gasteiger partial charge in [0.1, 0.15) is 22.3 Å². The number of hydrogen-bond donors (Lipinski definition) is 0. The third kappa shape index (κ3) is 4.31. The lowest BCUT2D eigenvalue weighted by Crippen LogP contribution is -2.25. The molecule has 16 rings (SSSR count). The number of fused-ring (bicyclic) bond motifs is 23. The van der Waals surface area contributed by atoms with Gasteiger partial charge in [0.2, 0.25) is 0 Å². The van der Waals surface area contributed by atoms with Gasteiger partial charge in [-0.3, -0.25) is 0 Å². The lowest BCUT2D eigenvalue weighted by Gasteiger charge is -2.30. The Labute approximate surface area is 392 Å². The lowest BCUT2D eigenvalue weighted by atomic mass is 9.70. The lowest BCUT2D eigenvalue weighted by molar-refractivity contribution is 0.656. The molecule has 0 saturated carbocycles. The molecule has 2 heteroatoms. The number of para-hydroxylation sites is 1. The van der Waals surface area contributed by atoms with E-state index in [0.717, 1.165) is 38.7 Å². The molecule has 0 saturated heterocycles. The molecule has 11 aromatic carbocycles. The van der Waals surface area contributed by atoms with Gasteiger partial charge < -0.3 is 8.83 Å². The highest BCUT2D eigenvalue weighted by Crippen LogP contribution is 2.64. The Balaban J connectivity index is 0.951. The standard InChI is InChI=1S/C66H40O2/c1-65(2)49-26-11-9-22-44(49)60-53(65)31-34-56-63(60)48-36-37(30-33-55(48)67-56)58-40-18-3-5-20-42(40)59(43-21-6-4-19-41(43)58)46-24-15-25-47-62-57(68-64(46)47)35-32-54-61(62)45-23-10-14-29-52(45)66(54)50-27-12-7-16-38(50)39-17-8-13-28-51(39)66/h3-36H,1-2H3. The van der Waals surface area contributed by atoms with Crippen LogP contribution >= 0.6 is 0 Å². The highest BCUT2D eigenvalue weighted by Gasteiger charge is 2.52. The van der Waals surface area contributed by atoms with Crippen LogP contribution in [0.15, 0.2) is 215 Å². The molecule has 0 bridgehead atoms. The predicted octanol–water partition coefficient (Wildman–Crippen LogP) is 17.8. The van der Waals surface area contributed by atoms with E-state index in [-0.39, 0.29) is 5.41 Å². The first-order valence-corrected chi connectivity index (χ1v) is 23.8. The highest BCUT2D eigenvalue weighted by atomic mass is 16.3. The van der Waals surface area contributed by atoms with Crippen molar-refractivity contribution in [2.24, 2.45) is 0 Å². The fraction of sp³-hybridized carbons (Fsp3) is 0.0606. The minimum Gasteiger partial charge on any atom is -0.456 e. The Bertz CT molecular complexity index is 4320. The van der Waals surface area contributed by atoms with Crippen molar-refractivity contribution in [3.05, 3.63) is 240 Å². The summed E-state index contributed by atoms with van der Waals surface area (Å²) < 4.78 is 13.9. The van der Waals surface area contributed by atoms with Gasteiger partial charge in [-0.15, -0.1) is 0 Å². The first kappa shape index (κ1) is 36.7. The maximum Gasteiger partial charge on any atom is 0.143 e. The summed E-state index contributed by atoms with van der Waals surface area (Å²) in [6.45, 7) is 4.69. The monoisotopic (exact) mass is 864 g/mol. The summed E-state index contributed by atoms with van der Waals surface area (Å²) in [5, 5.41) is 9.43. The SMILES string of the molecule is CC1(C)c2ccccc2-c2c1ccc1oc3ccc(-c4c5ccccc5c(-c5cccc6c5oc5ccc7c(c56)-c5ccccc5C75c6ccccc6-c6ccccc65)c5ccccc45)cc3c21. The molecule has 13 aromatic rings. The van der Waals surface area contributed by atoms with Crippen molar-refractivity contribution >= 4 is 65.4 Å². The van der Waals surface area contributed by atoms with Crippen molar-refractivity contribution in [1.82, 2.24) is 0 Å². The van der Waals surface area contributed by atoms with Crippen LogP contribution in [0.2, 0.25) is 0 Å². The average Bonchev–Trinajstić information content (AvgIpc) is 4.16. The van der Waals surface area contributed by atoms with E-state index < -0.39 is 5.41 Å². The molecule has 3 aliphatic rings. The maximum atomic E-state index is 7.23. The molecule has 0 unspecified atom stereocenters. The molecule has 0 N–H and O–H groups in total. The Kier molecular flexibility index (Phi) is 6.86. The van der Waals surface area contributed by atoms with Crippen molar-refractivity contribution in [2.45, 2.75) is 24.7 Å². The second-order valence-corrected chi connectivity index (χ2v) is 19.7. The number of furan rings is 2. The predicted molar refractivity (Wildman–Crippen MR) is 281 cm³/mol. The maximum absolute atomic E-state index is 7.23. The second kappa shape index (κ2) is 12.7. The van der Waals surface area contributed by atoms with Crippen LogP contribution in [-0.2, 0) is 10.8 Å². The minimum atomic E-state index is -0.427. The van der Waals surface area contributed by atoms with Crippen molar-refractivity contribution in [3.8, 4) is 55.6 Å². The average molecular weight is 865 g/mol. The molecule has 0 fully saturated rings. The van der Waals surface area contributed by atoms with Crippen molar-refractivity contribution in [3.63, 3.8) is 0 Å². The smallest absolute Gasteiger partial charge is 0.143 e. The van der Waals surface area contributed by atoms with Crippen LogP contribution in [0.5, 0.6) is 0 Å². The van der Waals surface area contributed by atoms with Gasteiger partial charge in [-0.2, -0.15) is 0 Å². The molecular formula is C66H40O2. The fourth-order valence-electron chi connectivity index (χ4n) is 13.6. The molecule has 0 amide bonds. The third-order valence-electron chi connectivity index (χ3n) is 16.3.